The molecule has 6 heteroatoms. The van der Waals surface area contributed by atoms with E-state index >= 15 is 0 Å². The van der Waals surface area contributed by atoms with Crippen LogP contribution < -0.4 is 4.74 Å². The van der Waals surface area contributed by atoms with E-state index in [1.807, 2.05) is 61.5 Å². The van der Waals surface area contributed by atoms with Crippen LogP contribution in [0.4, 0.5) is 0 Å². The Morgan fingerprint density at radius 2 is 1.89 bits per heavy atom. The number of furan rings is 1. The van der Waals surface area contributed by atoms with Crippen molar-refractivity contribution in [3.63, 3.8) is 0 Å². The Morgan fingerprint density at radius 3 is 2.75 bits per heavy atom. The molecule has 1 aliphatic carbocycles. The van der Waals surface area contributed by atoms with Gasteiger partial charge in [0.05, 0.1) is 11.4 Å². The number of pyridine rings is 1. The molecule has 0 saturated heterocycles. The van der Waals surface area contributed by atoms with Gasteiger partial charge in [0.15, 0.2) is 0 Å². The number of aliphatic imine (C=N–C) groups is 1. The van der Waals surface area contributed by atoms with Gasteiger partial charge in [-0.1, -0.05) is 32.0 Å². The molecule has 6 nitrogen and oxygen atoms in total. The Bertz CT molecular complexity index is 1720. The Kier molecular flexibility index (Phi) is 4.41. The van der Waals surface area contributed by atoms with Gasteiger partial charge in [0.25, 0.3) is 0 Å². The molecule has 2 aromatic heterocycles. The minimum absolute atomic E-state index is 0.110. The highest BCUT2D eigenvalue weighted by molar-refractivity contribution is 6.11. The van der Waals surface area contributed by atoms with Crippen LogP contribution in [0.1, 0.15) is 37.8 Å². The summed E-state index contributed by atoms with van der Waals surface area (Å²) in [6.45, 7) is 6.46. The summed E-state index contributed by atoms with van der Waals surface area (Å²) >= 11 is 0. The first kappa shape index (κ1) is 21.2. The Morgan fingerprint density at radius 1 is 1.03 bits per heavy atom. The molecule has 0 bridgehead atoms. The Labute approximate surface area is 208 Å². The van der Waals surface area contributed by atoms with Crippen LogP contribution in [0.5, 0.6) is 17.4 Å². The third-order valence-corrected chi connectivity index (χ3v) is 7.54. The van der Waals surface area contributed by atoms with Gasteiger partial charge in [0, 0.05) is 22.4 Å². The predicted octanol–water partition coefficient (Wildman–Crippen LogP) is 7.27. The predicted molar refractivity (Wildman–Crippen MR) is 140 cm³/mol. The van der Waals surface area contributed by atoms with Gasteiger partial charge in [-0.2, -0.15) is 0 Å². The van der Waals surface area contributed by atoms with E-state index in [1.54, 1.807) is 6.07 Å². The molecule has 1 fully saturated rings. The maximum atomic E-state index is 10.5. The molecule has 2 aliphatic rings. The molecule has 1 saturated carbocycles. The fraction of sp³-hybridized carbons (Fsp3) is 0.267. The average molecular weight is 479 g/mol. The van der Waals surface area contributed by atoms with E-state index in [9.17, 15) is 5.11 Å². The third kappa shape index (κ3) is 3.24. The summed E-state index contributed by atoms with van der Waals surface area (Å²) in [7, 11) is 0. The van der Waals surface area contributed by atoms with E-state index < -0.39 is 0 Å². The molecule has 1 aliphatic heterocycles. The van der Waals surface area contributed by atoms with E-state index in [4.69, 9.17) is 18.9 Å². The highest BCUT2D eigenvalue weighted by Crippen LogP contribution is 2.45. The van der Waals surface area contributed by atoms with Crippen molar-refractivity contribution in [1.29, 1.82) is 0 Å². The lowest BCUT2D eigenvalue weighted by Crippen LogP contribution is -2.26. The summed E-state index contributed by atoms with van der Waals surface area (Å²) in [6.07, 6.45) is 2.22. The number of hydrogen-bond donors (Lipinski definition) is 1. The summed E-state index contributed by atoms with van der Waals surface area (Å²) in [5, 5.41) is 13.1. The lowest BCUT2D eigenvalue weighted by Gasteiger charge is -2.21. The van der Waals surface area contributed by atoms with Gasteiger partial charge in [0.1, 0.15) is 34.3 Å². The van der Waals surface area contributed by atoms with Crippen LogP contribution >= 0.6 is 0 Å². The molecule has 2 atom stereocenters. The van der Waals surface area contributed by atoms with Crippen molar-refractivity contribution in [2.45, 2.75) is 45.8 Å². The van der Waals surface area contributed by atoms with Crippen molar-refractivity contribution in [2.24, 2.45) is 10.4 Å². The molecule has 0 spiro atoms. The number of phenols is 1. The van der Waals surface area contributed by atoms with E-state index in [1.165, 1.54) is 0 Å². The number of benzene rings is 3. The second-order valence-corrected chi connectivity index (χ2v) is 10.6. The lowest BCUT2D eigenvalue weighted by molar-refractivity contribution is 0.191. The lowest BCUT2D eigenvalue weighted by atomic mass is 9.87. The van der Waals surface area contributed by atoms with Crippen LogP contribution in [-0.4, -0.2) is 28.1 Å². The molecular formula is C30H26N2O4. The van der Waals surface area contributed by atoms with Crippen molar-refractivity contribution in [3.05, 3.63) is 71.8 Å². The van der Waals surface area contributed by atoms with Crippen LogP contribution in [-0.2, 0) is 4.74 Å². The third-order valence-electron chi connectivity index (χ3n) is 7.54. The monoisotopic (exact) mass is 478 g/mol. The van der Waals surface area contributed by atoms with Crippen LogP contribution in [0, 0.1) is 12.3 Å². The molecule has 1 N–H and O–H groups in total. The van der Waals surface area contributed by atoms with E-state index in [0.717, 1.165) is 45.7 Å². The molecule has 7 rings (SSSR count). The van der Waals surface area contributed by atoms with Gasteiger partial charge in [0.2, 0.25) is 11.8 Å². The normalized spacial score (nSPS) is 20.6. The first-order valence-corrected chi connectivity index (χ1v) is 12.3. The summed E-state index contributed by atoms with van der Waals surface area (Å²) < 4.78 is 18.9. The molecule has 3 aromatic carbocycles. The van der Waals surface area contributed by atoms with Crippen molar-refractivity contribution in [2.75, 3.05) is 0 Å². The minimum Gasteiger partial charge on any atom is -0.506 e. The standard InChI is InChI=1S/C30H26N2O4/c1-16-12-17-8-9-25(31-27(17)20(33)13-16)35-24-15-18(29-32-28-22(36-29)10-11-30(28,2)3)14-23-26(24)19-6-4-5-7-21(19)34-23/h4-9,12-15,22,28,33H,10-11H2,1-3H3/t22-,28+/m0/s1. The first-order chi connectivity index (χ1) is 17.4. The first-order valence-electron chi connectivity index (χ1n) is 12.3. The molecule has 0 amide bonds. The molecule has 3 heterocycles. The molecule has 0 radical (unpaired) electrons. The molecule has 0 unspecified atom stereocenters. The summed E-state index contributed by atoms with van der Waals surface area (Å²) in [5.74, 6) is 1.75. The van der Waals surface area contributed by atoms with Gasteiger partial charge >= 0.3 is 0 Å². The van der Waals surface area contributed by atoms with Crippen LogP contribution in [0.2, 0.25) is 0 Å². The number of aromatic nitrogens is 1. The zero-order chi connectivity index (χ0) is 24.6. The van der Waals surface area contributed by atoms with Crippen LogP contribution in [0.25, 0.3) is 32.8 Å². The average Bonchev–Trinajstić information content (AvgIpc) is 3.52. The molecule has 180 valence electrons. The summed E-state index contributed by atoms with van der Waals surface area (Å²) in [5.41, 5.74) is 3.89. The Balaban J connectivity index is 1.38. The van der Waals surface area contributed by atoms with Gasteiger partial charge in [-0.3, -0.25) is 0 Å². The largest absolute Gasteiger partial charge is 0.506 e. The van der Waals surface area contributed by atoms with Gasteiger partial charge in [-0.05, 0) is 67.1 Å². The molecule has 36 heavy (non-hydrogen) atoms. The van der Waals surface area contributed by atoms with Crippen molar-refractivity contribution in [3.8, 4) is 17.4 Å². The fourth-order valence-electron chi connectivity index (χ4n) is 5.68. The van der Waals surface area contributed by atoms with Crippen molar-refractivity contribution in [1.82, 2.24) is 4.98 Å². The van der Waals surface area contributed by atoms with Gasteiger partial charge in [-0.15, -0.1) is 0 Å². The zero-order valence-corrected chi connectivity index (χ0v) is 20.4. The number of phenolic OH excluding ortho intramolecular Hbond substituents is 1. The number of rotatable bonds is 3. The summed E-state index contributed by atoms with van der Waals surface area (Å²) in [6, 6.07) is 19.4. The second-order valence-electron chi connectivity index (χ2n) is 10.6. The zero-order valence-electron chi connectivity index (χ0n) is 20.4. The van der Waals surface area contributed by atoms with Crippen LogP contribution in [0.15, 0.2) is 70.1 Å². The van der Waals surface area contributed by atoms with Crippen molar-refractivity contribution < 1.29 is 19.0 Å². The second kappa shape index (κ2) is 7.47. The quantitative estimate of drug-likeness (QED) is 0.295. The van der Waals surface area contributed by atoms with Crippen LogP contribution in [0.3, 0.4) is 0 Å². The summed E-state index contributed by atoms with van der Waals surface area (Å²) in [4.78, 5) is 9.60. The SMILES string of the molecule is Cc1cc(O)c2nc(Oc3cc(C4=N[C@@H]5[C@H](CCC5(C)C)O4)cc4oc5ccccc5c34)ccc2c1. The minimum atomic E-state index is 0.110. The maximum Gasteiger partial charge on any atom is 0.219 e. The number of ether oxygens (including phenoxy) is 2. The highest BCUT2D eigenvalue weighted by atomic mass is 16.5. The number of aromatic hydroxyl groups is 1. The topological polar surface area (TPSA) is 77.1 Å². The molecular weight excluding hydrogens is 452 g/mol. The number of para-hydroxylation sites is 1. The number of nitrogens with zero attached hydrogens (tertiary/aromatic N) is 2. The van der Waals surface area contributed by atoms with Gasteiger partial charge in [-0.25, -0.2) is 9.98 Å². The smallest absolute Gasteiger partial charge is 0.219 e. The van der Waals surface area contributed by atoms with E-state index in [0.29, 0.717) is 28.6 Å². The number of hydrogen-bond acceptors (Lipinski definition) is 6. The number of fused-ring (bicyclic) bond motifs is 5. The number of aryl methyl sites for hydroxylation is 1. The van der Waals surface area contributed by atoms with E-state index in [2.05, 4.69) is 18.8 Å². The maximum absolute atomic E-state index is 10.5. The van der Waals surface area contributed by atoms with Gasteiger partial charge < -0.3 is 19.0 Å². The fourth-order valence-corrected chi connectivity index (χ4v) is 5.68. The highest BCUT2D eigenvalue weighted by Gasteiger charge is 2.47. The van der Waals surface area contributed by atoms with E-state index in [-0.39, 0.29) is 23.3 Å². The Hall–Kier alpha value is -4.06. The van der Waals surface area contributed by atoms with Crippen molar-refractivity contribution >= 4 is 38.7 Å². The molecule has 5 aromatic rings.